The van der Waals surface area contributed by atoms with E-state index in [1.165, 1.54) is 6.08 Å². The van der Waals surface area contributed by atoms with Crippen molar-refractivity contribution in [3.8, 4) is 0 Å². The van der Waals surface area contributed by atoms with Crippen LogP contribution in [0.25, 0.3) is 12.2 Å². The number of sulfonamides is 1. The molecule has 0 bridgehead atoms. The van der Waals surface area contributed by atoms with Crippen LogP contribution in [0.1, 0.15) is 40.5 Å². The lowest BCUT2D eigenvalue weighted by Gasteiger charge is -2.41. The molecular formula is C30H26N4O4S. The second kappa shape index (κ2) is 9.77. The lowest BCUT2D eigenvalue weighted by Crippen LogP contribution is -2.49. The first-order valence-corrected chi connectivity index (χ1v) is 14.0. The SMILES string of the molecule is O=C(/C=C/c1ccc(/C=C2/CC23Cc2nc[nH]c2C(c2ccccc2)N3S(=O)(=O)c2ccccc2)cc1)NO. The number of rotatable bonds is 6. The van der Waals surface area contributed by atoms with Gasteiger partial charge >= 0.3 is 0 Å². The number of aromatic nitrogens is 2. The van der Waals surface area contributed by atoms with Gasteiger partial charge in [0, 0.05) is 12.5 Å². The van der Waals surface area contributed by atoms with Crippen molar-refractivity contribution in [2.24, 2.45) is 0 Å². The summed E-state index contributed by atoms with van der Waals surface area (Å²) in [5, 5.41) is 8.66. The Hall–Kier alpha value is -4.31. The quantitative estimate of drug-likeness (QED) is 0.190. The number of imidazole rings is 1. The second-order valence-electron chi connectivity index (χ2n) is 9.72. The molecule has 1 aliphatic heterocycles. The normalized spacial score (nSPS) is 21.8. The van der Waals surface area contributed by atoms with Crippen molar-refractivity contribution in [3.05, 3.63) is 131 Å². The van der Waals surface area contributed by atoms with Crippen LogP contribution in [-0.4, -0.2) is 39.3 Å². The van der Waals surface area contributed by atoms with Crippen molar-refractivity contribution in [1.82, 2.24) is 19.8 Å². The Kier molecular flexibility index (Phi) is 6.26. The van der Waals surface area contributed by atoms with Crippen molar-refractivity contribution in [2.45, 2.75) is 29.3 Å². The number of hydrogen-bond donors (Lipinski definition) is 3. The maximum Gasteiger partial charge on any atom is 0.267 e. The van der Waals surface area contributed by atoms with Gasteiger partial charge < -0.3 is 4.98 Å². The van der Waals surface area contributed by atoms with E-state index in [4.69, 9.17) is 5.21 Å². The van der Waals surface area contributed by atoms with E-state index in [1.807, 2.05) is 66.7 Å². The largest absolute Gasteiger partial charge is 0.347 e. The number of H-pyrrole nitrogens is 1. The summed E-state index contributed by atoms with van der Waals surface area (Å²) in [6.07, 6.45) is 7.59. The van der Waals surface area contributed by atoms with Crippen LogP contribution in [0.3, 0.4) is 0 Å². The van der Waals surface area contributed by atoms with Gasteiger partial charge in [0.15, 0.2) is 0 Å². The van der Waals surface area contributed by atoms with Crippen LogP contribution in [0.4, 0.5) is 0 Å². The number of benzene rings is 3. The zero-order chi connectivity index (χ0) is 27.0. The van der Waals surface area contributed by atoms with Gasteiger partial charge in [-0.2, -0.15) is 4.31 Å². The minimum atomic E-state index is -3.90. The van der Waals surface area contributed by atoms with E-state index in [1.54, 1.807) is 46.5 Å². The number of nitrogens with one attached hydrogen (secondary N) is 2. The molecule has 1 amide bonds. The molecule has 6 rings (SSSR count). The Morgan fingerprint density at radius 2 is 1.64 bits per heavy atom. The van der Waals surface area contributed by atoms with Crippen LogP contribution in [-0.2, 0) is 21.2 Å². The van der Waals surface area contributed by atoms with Gasteiger partial charge in [-0.15, -0.1) is 0 Å². The highest BCUT2D eigenvalue weighted by Crippen LogP contribution is 2.59. The molecule has 3 N–H and O–H groups in total. The molecule has 2 unspecified atom stereocenters. The monoisotopic (exact) mass is 538 g/mol. The predicted molar refractivity (Wildman–Crippen MR) is 147 cm³/mol. The number of nitrogens with zero attached hydrogens (tertiary/aromatic N) is 2. The molecule has 1 spiro atoms. The van der Waals surface area contributed by atoms with Gasteiger partial charge in [-0.05, 0) is 46.9 Å². The molecule has 0 saturated heterocycles. The van der Waals surface area contributed by atoms with E-state index in [9.17, 15) is 13.2 Å². The zero-order valence-corrected chi connectivity index (χ0v) is 21.7. The zero-order valence-electron chi connectivity index (χ0n) is 20.9. The van der Waals surface area contributed by atoms with E-state index < -0.39 is 27.5 Å². The molecule has 1 saturated carbocycles. The van der Waals surface area contributed by atoms with Gasteiger partial charge in [0.2, 0.25) is 10.0 Å². The fourth-order valence-corrected chi connectivity index (χ4v) is 7.35. The van der Waals surface area contributed by atoms with Crippen molar-refractivity contribution in [1.29, 1.82) is 0 Å². The fraction of sp³-hybridized carbons (Fsp3) is 0.133. The van der Waals surface area contributed by atoms with E-state index in [0.717, 1.165) is 33.7 Å². The number of amides is 1. The highest BCUT2D eigenvalue weighted by atomic mass is 32.2. The number of hydroxylamine groups is 1. The van der Waals surface area contributed by atoms with Crippen LogP contribution >= 0.6 is 0 Å². The molecule has 1 fully saturated rings. The lowest BCUT2D eigenvalue weighted by atomic mass is 9.92. The minimum Gasteiger partial charge on any atom is -0.347 e. The second-order valence-corrected chi connectivity index (χ2v) is 11.5. The van der Waals surface area contributed by atoms with E-state index in [-0.39, 0.29) is 4.90 Å². The molecule has 2 heterocycles. The molecule has 8 nitrogen and oxygen atoms in total. The van der Waals surface area contributed by atoms with E-state index >= 15 is 0 Å². The molecule has 2 aliphatic rings. The first-order valence-electron chi connectivity index (χ1n) is 12.5. The first kappa shape index (κ1) is 25.0. The molecule has 2 atom stereocenters. The molecule has 1 aromatic heterocycles. The third kappa shape index (κ3) is 4.50. The van der Waals surface area contributed by atoms with Crippen LogP contribution in [0.15, 0.2) is 108 Å². The summed E-state index contributed by atoms with van der Waals surface area (Å²) in [7, 11) is -3.90. The van der Waals surface area contributed by atoms with Gasteiger partial charge in [-0.1, -0.05) is 78.9 Å². The highest BCUT2D eigenvalue weighted by Gasteiger charge is 2.63. The molecule has 0 radical (unpaired) electrons. The summed E-state index contributed by atoms with van der Waals surface area (Å²) >= 11 is 0. The Balaban J connectivity index is 1.44. The fourth-order valence-electron chi connectivity index (χ4n) is 5.41. The lowest BCUT2D eigenvalue weighted by molar-refractivity contribution is -0.124. The number of carbonyl (C=O) groups is 1. The third-order valence-electron chi connectivity index (χ3n) is 7.33. The summed E-state index contributed by atoms with van der Waals surface area (Å²) in [6, 6.07) is 25.3. The van der Waals surface area contributed by atoms with Crippen LogP contribution in [0, 0.1) is 0 Å². The molecule has 1 aliphatic carbocycles. The standard InChI is InChI=1S/C30H26N4O4S/c35-27(33-36)16-15-21-11-13-22(14-12-21)17-24-18-30(24)19-26-28(32-20-31-26)29(23-7-3-1-4-8-23)34(30)39(37,38)25-9-5-2-6-10-25/h1-17,20,29,36H,18-19H2,(H,31,32)(H,33,35)/b16-15+,24-17-. The van der Waals surface area contributed by atoms with Crippen molar-refractivity contribution < 1.29 is 18.4 Å². The van der Waals surface area contributed by atoms with Gasteiger partial charge in [-0.25, -0.2) is 18.9 Å². The molecule has 3 aromatic carbocycles. The number of hydrogen-bond acceptors (Lipinski definition) is 5. The summed E-state index contributed by atoms with van der Waals surface area (Å²) in [5.41, 5.74) is 6.09. The van der Waals surface area contributed by atoms with Gasteiger partial charge in [-0.3, -0.25) is 10.0 Å². The van der Waals surface area contributed by atoms with E-state index in [0.29, 0.717) is 12.8 Å². The maximum atomic E-state index is 14.4. The summed E-state index contributed by atoms with van der Waals surface area (Å²) in [4.78, 5) is 19.3. The molecule has 9 heteroatoms. The number of fused-ring (bicyclic) bond motifs is 1. The van der Waals surface area contributed by atoms with Crippen LogP contribution in [0.2, 0.25) is 0 Å². The Morgan fingerprint density at radius 1 is 0.974 bits per heavy atom. The molecular weight excluding hydrogens is 512 g/mol. The highest BCUT2D eigenvalue weighted by molar-refractivity contribution is 7.89. The smallest absolute Gasteiger partial charge is 0.267 e. The maximum absolute atomic E-state index is 14.4. The molecule has 39 heavy (non-hydrogen) atoms. The Bertz CT molecular complexity index is 1680. The third-order valence-corrected chi connectivity index (χ3v) is 9.27. The average Bonchev–Trinajstić information content (AvgIpc) is 3.40. The summed E-state index contributed by atoms with van der Waals surface area (Å²) < 4.78 is 30.4. The summed E-state index contributed by atoms with van der Waals surface area (Å²) in [6.45, 7) is 0. The average molecular weight is 539 g/mol. The van der Waals surface area contributed by atoms with Gasteiger partial charge in [0.25, 0.3) is 5.91 Å². The van der Waals surface area contributed by atoms with Gasteiger partial charge in [0.05, 0.1) is 34.2 Å². The topological polar surface area (TPSA) is 115 Å². The van der Waals surface area contributed by atoms with Crippen molar-refractivity contribution in [3.63, 3.8) is 0 Å². The minimum absolute atomic E-state index is 0.252. The van der Waals surface area contributed by atoms with Crippen LogP contribution < -0.4 is 5.48 Å². The number of carbonyl (C=O) groups excluding carboxylic acids is 1. The molecule has 4 aromatic rings. The van der Waals surface area contributed by atoms with E-state index in [2.05, 4.69) is 9.97 Å². The van der Waals surface area contributed by atoms with Gasteiger partial charge in [0.1, 0.15) is 0 Å². The Labute approximate surface area is 226 Å². The number of aromatic amines is 1. The predicted octanol–water partition coefficient (Wildman–Crippen LogP) is 4.49. The van der Waals surface area contributed by atoms with Crippen molar-refractivity contribution >= 4 is 28.1 Å². The Morgan fingerprint density at radius 3 is 2.33 bits per heavy atom. The van der Waals surface area contributed by atoms with Crippen molar-refractivity contribution in [2.75, 3.05) is 0 Å². The first-order chi connectivity index (χ1) is 18.9. The van der Waals surface area contributed by atoms with Crippen LogP contribution in [0.5, 0.6) is 0 Å². The summed E-state index contributed by atoms with van der Waals surface area (Å²) in [5.74, 6) is -0.608. The molecule has 196 valence electrons.